The first kappa shape index (κ1) is 18.7. The number of sulfonamides is 1. The molecule has 0 N–H and O–H groups in total. The highest BCUT2D eigenvalue weighted by Crippen LogP contribution is 2.37. The zero-order valence-corrected chi connectivity index (χ0v) is 17.4. The highest BCUT2D eigenvalue weighted by atomic mass is 32.2. The molecular formula is C20H25N3O2S2. The average molecular weight is 404 g/mol. The molecule has 0 aliphatic carbocycles. The maximum Gasteiger partial charge on any atom is 0.211 e. The summed E-state index contributed by atoms with van der Waals surface area (Å²) in [5.74, 6) is 0. The minimum absolute atomic E-state index is 0.585. The third kappa shape index (κ3) is 4.11. The first-order valence-corrected chi connectivity index (χ1v) is 11.8. The summed E-state index contributed by atoms with van der Waals surface area (Å²) >= 11 is 1.87. The van der Waals surface area contributed by atoms with Gasteiger partial charge in [0.25, 0.3) is 0 Å². The van der Waals surface area contributed by atoms with E-state index in [9.17, 15) is 8.42 Å². The molecule has 5 nitrogen and oxygen atoms in total. The minimum Gasteiger partial charge on any atom is -0.376 e. The van der Waals surface area contributed by atoms with Crippen LogP contribution in [0.3, 0.4) is 0 Å². The van der Waals surface area contributed by atoms with E-state index in [1.54, 1.807) is 4.31 Å². The van der Waals surface area contributed by atoms with Crippen molar-refractivity contribution in [3.8, 4) is 0 Å². The Morgan fingerprint density at radius 2 is 1.78 bits per heavy atom. The van der Waals surface area contributed by atoms with Gasteiger partial charge in [-0.2, -0.15) is 4.31 Å². The Balaban J connectivity index is 1.51. The fourth-order valence-electron chi connectivity index (χ4n) is 3.77. The number of thiophene rings is 1. The summed E-state index contributed by atoms with van der Waals surface area (Å²) in [6, 6.07) is 12.9. The van der Waals surface area contributed by atoms with Gasteiger partial charge in [0.2, 0.25) is 10.0 Å². The van der Waals surface area contributed by atoms with E-state index in [-0.39, 0.29) is 0 Å². The summed E-state index contributed by atoms with van der Waals surface area (Å²) in [7, 11) is -0.954. The van der Waals surface area contributed by atoms with Crippen LogP contribution in [0.25, 0.3) is 5.57 Å². The predicted octanol–water partition coefficient (Wildman–Crippen LogP) is 2.66. The van der Waals surface area contributed by atoms with Crippen molar-refractivity contribution in [3.63, 3.8) is 0 Å². The van der Waals surface area contributed by atoms with Crippen molar-refractivity contribution in [2.24, 2.45) is 0 Å². The molecule has 0 radical (unpaired) electrons. The van der Waals surface area contributed by atoms with E-state index in [0.29, 0.717) is 13.1 Å². The highest BCUT2D eigenvalue weighted by Gasteiger charge is 2.25. The lowest BCUT2D eigenvalue weighted by molar-refractivity contribution is 0.183. The number of benzene rings is 1. The first-order valence-electron chi connectivity index (χ1n) is 9.17. The van der Waals surface area contributed by atoms with Crippen molar-refractivity contribution < 1.29 is 8.42 Å². The van der Waals surface area contributed by atoms with Crippen LogP contribution in [0.5, 0.6) is 0 Å². The molecule has 0 bridgehead atoms. The van der Waals surface area contributed by atoms with Crippen LogP contribution in [0, 0.1) is 0 Å². The van der Waals surface area contributed by atoms with Gasteiger partial charge >= 0.3 is 0 Å². The fraction of sp³-hybridized carbons (Fsp3) is 0.400. The first-order chi connectivity index (χ1) is 12.9. The Kier molecular flexibility index (Phi) is 5.11. The van der Waals surface area contributed by atoms with Gasteiger partial charge in [-0.15, -0.1) is 11.3 Å². The van der Waals surface area contributed by atoms with Gasteiger partial charge in [-0.25, -0.2) is 8.42 Å². The van der Waals surface area contributed by atoms with Gasteiger partial charge in [0.1, 0.15) is 0 Å². The lowest BCUT2D eigenvalue weighted by Gasteiger charge is -2.32. The summed E-state index contributed by atoms with van der Waals surface area (Å²) in [5.41, 5.74) is 3.92. The van der Waals surface area contributed by atoms with Crippen LogP contribution in [0.1, 0.15) is 20.9 Å². The van der Waals surface area contributed by atoms with E-state index in [1.807, 2.05) is 17.4 Å². The van der Waals surface area contributed by atoms with Crippen LogP contribution in [0.15, 0.2) is 42.6 Å². The van der Waals surface area contributed by atoms with Crippen molar-refractivity contribution in [1.29, 1.82) is 0 Å². The molecule has 144 valence electrons. The standard InChI is InChI=1S/C20H25N3O2S2/c1-21-13-17-12-18(14-22-8-10-23(11-9-22)27(2,24)25)26-20(17)19(15-21)16-6-4-3-5-7-16/h3-7,12,15H,8-11,13-14H2,1-2H3. The molecule has 0 amide bonds. The molecule has 1 saturated heterocycles. The second-order valence-electron chi connectivity index (χ2n) is 7.33. The average Bonchev–Trinajstić information content (AvgIpc) is 3.03. The SMILES string of the molecule is CN1C=C(c2ccccc2)c2sc(CN3CCN(S(C)(=O)=O)CC3)cc2C1. The normalized spacial score (nSPS) is 19.0. The van der Waals surface area contributed by atoms with E-state index >= 15 is 0 Å². The second-order valence-corrected chi connectivity index (χ2v) is 10.4. The largest absolute Gasteiger partial charge is 0.376 e. The van der Waals surface area contributed by atoms with E-state index in [2.05, 4.69) is 53.4 Å². The Labute approximate surface area is 165 Å². The van der Waals surface area contributed by atoms with E-state index in [4.69, 9.17) is 0 Å². The number of rotatable bonds is 4. The summed E-state index contributed by atoms with van der Waals surface area (Å²) in [6.07, 6.45) is 3.53. The van der Waals surface area contributed by atoms with E-state index < -0.39 is 10.0 Å². The molecule has 7 heteroatoms. The molecule has 2 aliphatic rings. The molecule has 4 rings (SSSR count). The molecule has 0 atom stereocenters. The van der Waals surface area contributed by atoms with Crippen LogP contribution in [0.2, 0.25) is 0 Å². The lowest BCUT2D eigenvalue weighted by Crippen LogP contribution is -2.47. The van der Waals surface area contributed by atoms with Gasteiger partial charge < -0.3 is 4.90 Å². The van der Waals surface area contributed by atoms with Crippen LogP contribution in [0.4, 0.5) is 0 Å². The Morgan fingerprint density at radius 3 is 2.44 bits per heavy atom. The quantitative estimate of drug-likeness (QED) is 0.787. The smallest absolute Gasteiger partial charge is 0.211 e. The third-order valence-corrected chi connectivity index (χ3v) is 7.64. The third-order valence-electron chi connectivity index (χ3n) is 5.14. The van der Waals surface area contributed by atoms with Gasteiger partial charge in [-0.05, 0) is 17.2 Å². The van der Waals surface area contributed by atoms with Gasteiger partial charge in [-0.3, -0.25) is 4.90 Å². The number of hydrogen-bond donors (Lipinski definition) is 0. The molecule has 1 fully saturated rings. The molecular weight excluding hydrogens is 378 g/mol. The lowest BCUT2D eigenvalue weighted by atomic mass is 10.00. The monoisotopic (exact) mass is 403 g/mol. The fourth-order valence-corrected chi connectivity index (χ4v) is 5.84. The summed E-state index contributed by atoms with van der Waals surface area (Å²) in [5, 5.41) is 0. The molecule has 0 spiro atoms. The number of piperazine rings is 1. The van der Waals surface area contributed by atoms with Gasteiger partial charge in [0.05, 0.1) is 6.26 Å². The van der Waals surface area contributed by atoms with Crippen molar-refractivity contribution in [2.45, 2.75) is 13.1 Å². The molecule has 1 aromatic carbocycles. The molecule has 0 saturated carbocycles. The summed E-state index contributed by atoms with van der Waals surface area (Å²) in [6.45, 7) is 4.57. The maximum absolute atomic E-state index is 11.7. The topological polar surface area (TPSA) is 43.9 Å². The molecule has 27 heavy (non-hydrogen) atoms. The highest BCUT2D eigenvalue weighted by molar-refractivity contribution is 7.88. The molecule has 0 unspecified atom stereocenters. The summed E-state index contributed by atoms with van der Waals surface area (Å²) < 4.78 is 24.9. The zero-order valence-electron chi connectivity index (χ0n) is 15.8. The Hall–Kier alpha value is -1.67. The number of hydrogen-bond acceptors (Lipinski definition) is 5. The molecule has 3 heterocycles. The van der Waals surface area contributed by atoms with Crippen molar-refractivity contribution in [2.75, 3.05) is 39.5 Å². The van der Waals surface area contributed by atoms with Crippen molar-refractivity contribution >= 4 is 26.9 Å². The van der Waals surface area contributed by atoms with Crippen molar-refractivity contribution in [1.82, 2.24) is 14.1 Å². The van der Waals surface area contributed by atoms with Gasteiger partial charge in [0, 0.05) is 67.8 Å². The Bertz CT molecular complexity index is 943. The van der Waals surface area contributed by atoms with E-state index in [1.165, 1.54) is 32.7 Å². The molecule has 1 aromatic heterocycles. The molecule has 2 aromatic rings. The minimum atomic E-state index is -3.07. The van der Waals surface area contributed by atoms with E-state index in [0.717, 1.165) is 26.2 Å². The number of nitrogens with zero attached hydrogens (tertiary/aromatic N) is 3. The van der Waals surface area contributed by atoms with Crippen molar-refractivity contribution in [3.05, 3.63) is 63.5 Å². The maximum atomic E-state index is 11.7. The van der Waals surface area contributed by atoms with Crippen LogP contribution < -0.4 is 0 Å². The summed E-state index contributed by atoms with van der Waals surface area (Å²) in [4.78, 5) is 7.31. The Morgan fingerprint density at radius 1 is 1.07 bits per heavy atom. The molecule has 2 aliphatic heterocycles. The predicted molar refractivity (Wildman–Crippen MR) is 111 cm³/mol. The van der Waals surface area contributed by atoms with Crippen LogP contribution in [-0.4, -0.2) is 62.0 Å². The zero-order chi connectivity index (χ0) is 19.0. The number of fused-ring (bicyclic) bond motifs is 1. The van der Waals surface area contributed by atoms with Crippen LogP contribution >= 0.6 is 11.3 Å². The second kappa shape index (κ2) is 7.39. The van der Waals surface area contributed by atoms with Crippen LogP contribution in [-0.2, 0) is 23.1 Å². The van der Waals surface area contributed by atoms with Gasteiger partial charge in [0.15, 0.2) is 0 Å². The van der Waals surface area contributed by atoms with Gasteiger partial charge in [-0.1, -0.05) is 30.3 Å².